The molecule has 1 saturated heterocycles. The number of anilines is 2. The number of nitrogens with one attached hydrogen (secondary N) is 1. The molecule has 35 heavy (non-hydrogen) atoms. The van der Waals surface area contributed by atoms with Crippen LogP contribution in [0.4, 0.5) is 17.1 Å². The molecule has 2 fully saturated rings. The maximum absolute atomic E-state index is 13.0. The third-order valence-corrected chi connectivity index (χ3v) is 7.17. The minimum atomic E-state index is -0.437. The largest absolute Gasteiger partial charge is 0.382 e. The predicted octanol–water partition coefficient (Wildman–Crippen LogP) is 4.69. The van der Waals surface area contributed by atoms with Crippen LogP contribution in [0.15, 0.2) is 42.5 Å². The average Bonchev–Trinajstić information content (AvgIpc) is 2.85. The van der Waals surface area contributed by atoms with Crippen molar-refractivity contribution in [1.29, 1.82) is 0 Å². The molecular weight excluding hydrogens is 444 g/mol. The van der Waals surface area contributed by atoms with Crippen LogP contribution in [0.2, 0.25) is 0 Å². The fourth-order valence-electron chi connectivity index (χ4n) is 5.07. The zero-order valence-electron chi connectivity index (χ0n) is 20.9. The number of carbonyl (C=O) groups excluding carboxylic acids is 1. The Bertz CT molecular complexity index is 1030. The normalized spacial score (nSPS) is 21.5. The average molecular weight is 481 g/mol. The molecule has 0 bridgehead atoms. The Morgan fingerprint density at radius 3 is 2.29 bits per heavy atom. The van der Waals surface area contributed by atoms with Crippen LogP contribution in [0.1, 0.15) is 43.7 Å². The van der Waals surface area contributed by atoms with Crippen LogP contribution in [0.5, 0.6) is 0 Å². The van der Waals surface area contributed by atoms with Crippen LogP contribution in [-0.2, 0) is 9.53 Å². The zero-order valence-corrected chi connectivity index (χ0v) is 20.9. The molecule has 8 heteroatoms. The maximum atomic E-state index is 13.0. The number of nitro groups is 1. The van der Waals surface area contributed by atoms with Crippen molar-refractivity contribution in [1.82, 2.24) is 4.90 Å². The van der Waals surface area contributed by atoms with Crippen LogP contribution in [-0.4, -0.2) is 60.2 Å². The van der Waals surface area contributed by atoms with Gasteiger partial charge in [-0.3, -0.25) is 14.9 Å². The number of nitrogens with zero attached hydrogens (tertiary/aromatic N) is 3. The monoisotopic (exact) mass is 480 g/mol. The molecule has 0 aromatic heterocycles. The van der Waals surface area contributed by atoms with Gasteiger partial charge in [0.2, 0.25) is 0 Å². The Hall–Kier alpha value is -3.13. The molecule has 1 unspecified atom stereocenters. The van der Waals surface area contributed by atoms with E-state index >= 15 is 0 Å². The summed E-state index contributed by atoms with van der Waals surface area (Å²) in [5.41, 5.74) is 4.17. The predicted molar refractivity (Wildman–Crippen MR) is 138 cm³/mol. The van der Waals surface area contributed by atoms with Gasteiger partial charge in [-0.05, 0) is 70.7 Å². The lowest BCUT2D eigenvalue weighted by Gasteiger charge is -2.38. The smallest absolute Gasteiger partial charge is 0.272 e. The molecule has 1 amide bonds. The first-order valence-corrected chi connectivity index (χ1v) is 12.6. The standard InChI is InChI=1S/C27H36N4O4/c1-19-4-9-24(10-5-19)29-14-16-30(17-15-29)27(32)21(3)35-25-11-6-22(7-12-25)28-23-8-13-26(31(33)34)20(2)18-23/h4-5,8-10,13,18,21-22,25,28H,6-7,11-12,14-17H2,1-3H3/t21?,22-,25-. The molecule has 1 heterocycles. The van der Waals surface area contributed by atoms with Crippen molar-refractivity contribution in [2.24, 2.45) is 0 Å². The summed E-state index contributed by atoms with van der Waals surface area (Å²) in [5.74, 6) is 0.0789. The second kappa shape index (κ2) is 11.1. The molecule has 1 aliphatic heterocycles. The van der Waals surface area contributed by atoms with Crippen molar-refractivity contribution in [3.05, 3.63) is 63.7 Å². The number of nitro benzene ring substituents is 1. The summed E-state index contributed by atoms with van der Waals surface area (Å²) in [6, 6.07) is 14.0. The van der Waals surface area contributed by atoms with E-state index in [0.717, 1.165) is 44.5 Å². The van der Waals surface area contributed by atoms with Crippen molar-refractivity contribution in [3.8, 4) is 0 Å². The number of carbonyl (C=O) groups is 1. The Morgan fingerprint density at radius 2 is 1.69 bits per heavy atom. The van der Waals surface area contributed by atoms with Crippen molar-refractivity contribution in [2.45, 2.75) is 64.7 Å². The highest BCUT2D eigenvalue weighted by molar-refractivity contribution is 5.80. The third-order valence-electron chi connectivity index (χ3n) is 7.17. The first-order valence-electron chi connectivity index (χ1n) is 12.6. The van der Waals surface area contributed by atoms with Gasteiger partial charge in [0.25, 0.3) is 11.6 Å². The van der Waals surface area contributed by atoms with Crippen molar-refractivity contribution in [2.75, 3.05) is 36.4 Å². The van der Waals surface area contributed by atoms with Gasteiger partial charge >= 0.3 is 0 Å². The highest BCUT2D eigenvalue weighted by atomic mass is 16.6. The number of rotatable bonds is 7. The summed E-state index contributed by atoms with van der Waals surface area (Å²) in [4.78, 5) is 27.9. The number of aryl methyl sites for hydroxylation is 2. The summed E-state index contributed by atoms with van der Waals surface area (Å²) < 4.78 is 6.18. The van der Waals surface area contributed by atoms with Crippen LogP contribution in [0.3, 0.4) is 0 Å². The first kappa shape index (κ1) is 25.0. The minimum Gasteiger partial charge on any atom is -0.382 e. The Labute approximate surface area is 207 Å². The summed E-state index contributed by atoms with van der Waals surface area (Å²) in [6.07, 6.45) is 3.31. The summed E-state index contributed by atoms with van der Waals surface area (Å²) in [7, 11) is 0. The van der Waals surface area contributed by atoms with Crippen molar-refractivity contribution >= 4 is 23.0 Å². The topological polar surface area (TPSA) is 88.0 Å². The molecule has 2 aliphatic rings. The first-order chi connectivity index (χ1) is 16.8. The van der Waals surface area contributed by atoms with E-state index in [9.17, 15) is 14.9 Å². The molecule has 188 valence electrons. The lowest BCUT2D eigenvalue weighted by molar-refractivity contribution is -0.385. The van der Waals surface area contributed by atoms with E-state index in [0.29, 0.717) is 24.7 Å². The zero-order chi connectivity index (χ0) is 24.9. The Balaban J connectivity index is 1.20. The van der Waals surface area contributed by atoms with Crippen LogP contribution in [0, 0.1) is 24.0 Å². The molecule has 1 atom stereocenters. The number of piperazine rings is 1. The van der Waals surface area contributed by atoms with Gasteiger partial charge in [-0.25, -0.2) is 0 Å². The Morgan fingerprint density at radius 1 is 1.03 bits per heavy atom. The second-order valence-corrected chi connectivity index (χ2v) is 9.80. The van der Waals surface area contributed by atoms with Gasteiger partial charge in [0, 0.05) is 55.2 Å². The molecule has 4 rings (SSSR count). The quantitative estimate of drug-likeness (QED) is 0.457. The van der Waals surface area contributed by atoms with Crippen molar-refractivity contribution < 1.29 is 14.5 Å². The fourth-order valence-corrected chi connectivity index (χ4v) is 5.07. The van der Waals surface area contributed by atoms with Gasteiger partial charge in [-0.1, -0.05) is 17.7 Å². The van der Waals surface area contributed by atoms with E-state index in [1.165, 1.54) is 11.3 Å². The molecule has 1 N–H and O–H groups in total. The van der Waals surface area contributed by atoms with Crippen LogP contribution in [0.25, 0.3) is 0 Å². The second-order valence-electron chi connectivity index (χ2n) is 9.80. The molecule has 0 radical (unpaired) electrons. The molecule has 8 nitrogen and oxygen atoms in total. The maximum Gasteiger partial charge on any atom is 0.272 e. The van der Waals surface area contributed by atoms with Gasteiger partial charge in [-0.15, -0.1) is 0 Å². The van der Waals surface area contributed by atoms with Gasteiger partial charge in [0.1, 0.15) is 6.10 Å². The highest BCUT2D eigenvalue weighted by Crippen LogP contribution is 2.28. The summed E-state index contributed by atoms with van der Waals surface area (Å²) in [6.45, 7) is 8.82. The number of benzene rings is 2. The van der Waals surface area contributed by atoms with Crippen molar-refractivity contribution in [3.63, 3.8) is 0 Å². The van der Waals surface area contributed by atoms with Gasteiger partial charge < -0.3 is 19.9 Å². The summed E-state index contributed by atoms with van der Waals surface area (Å²) >= 11 is 0. The lowest BCUT2D eigenvalue weighted by atomic mass is 9.92. The number of hydrogen-bond donors (Lipinski definition) is 1. The number of ether oxygens (including phenoxy) is 1. The Kier molecular flexibility index (Phi) is 7.90. The SMILES string of the molecule is Cc1ccc(N2CCN(C(=O)C(C)O[C@H]3CC[C@H](Nc4ccc([N+](=O)[O-])c(C)c4)CC3)CC2)cc1. The van der Waals surface area contributed by atoms with Crippen LogP contribution >= 0.6 is 0 Å². The highest BCUT2D eigenvalue weighted by Gasteiger charge is 2.29. The number of amides is 1. The fraction of sp³-hybridized carbons (Fsp3) is 0.519. The molecule has 2 aromatic rings. The van der Waals surface area contributed by atoms with Gasteiger partial charge in [0.15, 0.2) is 0 Å². The third kappa shape index (κ3) is 6.31. The van der Waals surface area contributed by atoms with E-state index in [1.807, 2.05) is 17.9 Å². The van der Waals surface area contributed by atoms with E-state index < -0.39 is 6.10 Å². The molecule has 2 aromatic carbocycles. The molecule has 1 aliphatic carbocycles. The molecular formula is C27H36N4O4. The lowest BCUT2D eigenvalue weighted by Crippen LogP contribution is -2.52. The molecule has 1 saturated carbocycles. The summed E-state index contributed by atoms with van der Waals surface area (Å²) in [5, 5.41) is 14.5. The van der Waals surface area contributed by atoms with Gasteiger partial charge in [0.05, 0.1) is 11.0 Å². The number of hydrogen-bond acceptors (Lipinski definition) is 6. The molecule has 0 spiro atoms. The van der Waals surface area contributed by atoms with Crippen LogP contribution < -0.4 is 10.2 Å². The van der Waals surface area contributed by atoms with E-state index in [-0.39, 0.29) is 22.6 Å². The van der Waals surface area contributed by atoms with Gasteiger partial charge in [-0.2, -0.15) is 0 Å². The minimum absolute atomic E-state index is 0.0789. The van der Waals surface area contributed by atoms with E-state index in [4.69, 9.17) is 4.74 Å². The van der Waals surface area contributed by atoms with E-state index in [1.54, 1.807) is 19.1 Å². The van der Waals surface area contributed by atoms with E-state index in [2.05, 4.69) is 41.4 Å².